The van der Waals surface area contributed by atoms with E-state index in [1.807, 2.05) is 42.5 Å². The third-order valence-corrected chi connectivity index (χ3v) is 2.03. The molecule has 1 aromatic carbocycles. The van der Waals surface area contributed by atoms with E-state index in [-0.39, 0.29) is 29.6 Å². The molecule has 0 aliphatic heterocycles. The molecule has 0 saturated carbocycles. The number of aliphatic carboxylic acids is 1. The quantitative estimate of drug-likeness (QED) is 0.737. The summed E-state index contributed by atoms with van der Waals surface area (Å²) in [5, 5.41) is 12.8. The standard InChI is InChI=1S/C11H9ClN2.C2H4O2.Na/c12-9-4-6-10(7-5-9)14-11-3-1-2-8-13-11;1-2(3)4;/h1-8H,(H,13,14);1H3,(H,3,4);/q;;+1/p-1. The van der Waals surface area contributed by atoms with E-state index in [1.165, 1.54) is 0 Å². The minimum atomic E-state index is -1.08. The second-order valence-electron chi connectivity index (χ2n) is 3.34. The van der Waals surface area contributed by atoms with E-state index >= 15 is 0 Å². The molecule has 94 valence electrons. The van der Waals surface area contributed by atoms with E-state index in [2.05, 4.69) is 10.3 Å². The molecule has 0 fully saturated rings. The first-order valence-electron chi connectivity index (χ1n) is 5.19. The van der Waals surface area contributed by atoms with E-state index in [4.69, 9.17) is 21.5 Å². The van der Waals surface area contributed by atoms with Crippen molar-refractivity contribution in [3.05, 3.63) is 53.7 Å². The summed E-state index contributed by atoms with van der Waals surface area (Å²) >= 11 is 5.77. The van der Waals surface area contributed by atoms with E-state index < -0.39 is 5.97 Å². The van der Waals surface area contributed by atoms with E-state index in [0.717, 1.165) is 23.5 Å². The van der Waals surface area contributed by atoms with Crippen LogP contribution in [0.3, 0.4) is 0 Å². The maximum absolute atomic E-state index is 8.89. The topological polar surface area (TPSA) is 65.0 Å². The minimum absolute atomic E-state index is 0. The van der Waals surface area contributed by atoms with Crippen molar-refractivity contribution in [3.63, 3.8) is 0 Å². The zero-order chi connectivity index (χ0) is 13.4. The van der Waals surface area contributed by atoms with Crippen LogP contribution in [0.4, 0.5) is 11.5 Å². The first-order valence-corrected chi connectivity index (χ1v) is 5.57. The molecule has 1 N–H and O–H groups in total. The molecular formula is C13H12ClN2NaO2. The van der Waals surface area contributed by atoms with Gasteiger partial charge in [-0.1, -0.05) is 17.7 Å². The van der Waals surface area contributed by atoms with Crippen LogP contribution in [0.2, 0.25) is 5.02 Å². The number of carboxylic acid groups (broad SMARTS) is 1. The average Bonchev–Trinajstić information content (AvgIpc) is 2.33. The van der Waals surface area contributed by atoms with Crippen molar-refractivity contribution in [2.45, 2.75) is 6.92 Å². The van der Waals surface area contributed by atoms with Crippen molar-refractivity contribution in [2.24, 2.45) is 0 Å². The largest absolute Gasteiger partial charge is 1.00 e. The number of carbonyl (C=O) groups is 1. The SMILES string of the molecule is CC(=O)[O-].Clc1ccc(Nc2ccccn2)cc1.[Na+]. The normalized spacial score (nSPS) is 8.53. The molecule has 0 spiro atoms. The molecule has 19 heavy (non-hydrogen) atoms. The van der Waals surface area contributed by atoms with Gasteiger partial charge in [0, 0.05) is 22.9 Å². The van der Waals surface area contributed by atoms with Crippen LogP contribution in [-0.4, -0.2) is 11.0 Å². The average molecular weight is 287 g/mol. The van der Waals surface area contributed by atoms with E-state index in [0.29, 0.717) is 0 Å². The molecule has 0 radical (unpaired) electrons. The number of carbonyl (C=O) groups excluding carboxylic acids is 1. The second-order valence-corrected chi connectivity index (χ2v) is 3.77. The van der Waals surface area contributed by atoms with Gasteiger partial charge in [-0.3, -0.25) is 0 Å². The molecule has 0 bridgehead atoms. The Balaban J connectivity index is 0.000000576. The molecule has 6 heteroatoms. The molecule has 1 aromatic heterocycles. The summed E-state index contributed by atoms with van der Waals surface area (Å²) in [6, 6.07) is 13.2. The predicted molar refractivity (Wildman–Crippen MR) is 69.7 cm³/mol. The number of anilines is 2. The van der Waals surface area contributed by atoms with Crippen LogP contribution in [0.1, 0.15) is 6.92 Å². The van der Waals surface area contributed by atoms with Gasteiger partial charge in [-0.05, 0) is 43.3 Å². The van der Waals surface area contributed by atoms with Crippen molar-refractivity contribution in [1.82, 2.24) is 4.98 Å². The van der Waals surface area contributed by atoms with Crippen LogP contribution >= 0.6 is 11.6 Å². The number of nitrogens with one attached hydrogen (secondary N) is 1. The van der Waals surface area contributed by atoms with Gasteiger partial charge in [0.05, 0.1) is 0 Å². The number of rotatable bonds is 2. The number of pyridine rings is 1. The van der Waals surface area contributed by atoms with Gasteiger partial charge in [0.25, 0.3) is 0 Å². The number of aromatic nitrogens is 1. The smallest absolute Gasteiger partial charge is 0.550 e. The zero-order valence-corrected chi connectivity index (χ0v) is 13.5. The molecular weight excluding hydrogens is 275 g/mol. The van der Waals surface area contributed by atoms with Gasteiger partial charge in [-0.15, -0.1) is 0 Å². The zero-order valence-electron chi connectivity index (χ0n) is 10.8. The monoisotopic (exact) mass is 286 g/mol. The van der Waals surface area contributed by atoms with Gasteiger partial charge >= 0.3 is 29.6 Å². The van der Waals surface area contributed by atoms with E-state index in [9.17, 15) is 0 Å². The number of carboxylic acids is 1. The van der Waals surface area contributed by atoms with Gasteiger partial charge in [0.1, 0.15) is 5.82 Å². The Morgan fingerprint density at radius 2 is 1.79 bits per heavy atom. The maximum atomic E-state index is 8.89. The van der Waals surface area contributed by atoms with Crippen LogP contribution in [0.25, 0.3) is 0 Å². The first kappa shape index (κ1) is 17.9. The summed E-state index contributed by atoms with van der Waals surface area (Å²) in [5.41, 5.74) is 0.980. The van der Waals surface area contributed by atoms with Gasteiger partial charge in [0.2, 0.25) is 0 Å². The van der Waals surface area contributed by atoms with Crippen LogP contribution in [-0.2, 0) is 4.79 Å². The third-order valence-electron chi connectivity index (χ3n) is 1.78. The summed E-state index contributed by atoms with van der Waals surface area (Å²) in [5.74, 6) is -0.255. The van der Waals surface area contributed by atoms with Crippen molar-refractivity contribution in [1.29, 1.82) is 0 Å². The number of nitrogens with zero attached hydrogens (tertiary/aromatic N) is 1. The first-order chi connectivity index (χ1) is 8.58. The summed E-state index contributed by atoms with van der Waals surface area (Å²) < 4.78 is 0. The minimum Gasteiger partial charge on any atom is -0.550 e. The number of hydrogen-bond acceptors (Lipinski definition) is 4. The van der Waals surface area contributed by atoms with Gasteiger partial charge in [-0.25, -0.2) is 4.98 Å². The Hall–Kier alpha value is -1.07. The Labute approximate surface area is 139 Å². The molecule has 2 aromatic rings. The van der Waals surface area contributed by atoms with Crippen molar-refractivity contribution in [2.75, 3.05) is 5.32 Å². The van der Waals surface area contributed by atoms with Gasteiger partial charge < -0.3 is 15.2 Å². The Morgan fingerprint density at radius 1 is 1.21 bits per heavy atom. The maximum Gasteiger partial charge on any atom is 1.00 e. The molecule has 0 amide bonds. The van der Waals surface area contributed by atoms with Crippen LogP contribution in [0.5, 0.6) is 0 Å². The number of benzene rings is 1. The Kier molecular flexibility index (Phi) is 9.26. The van der Waals surface area contributed by atoms with Gasteiger partial charge in [-0.2, -0.15) is 0 Å². The summed E-state index contributed by atoms with van der Waals surface area (Å²) in [6.45, 7) is 0.972. The summed E-state index contributed by atoms with van der Waals surface area (Å²) in [7, 11) is 0. The molecule has 4 nitrogen and oxygen atoms in total. The number of hydrogen-bond donors (Lipinski definition) is 1. The molecule has 0 aliphatic rings. The van der Waals surface area contributed by atoms with Crippen LogP contribution in [0.15, 0.2) is 48.7 Å². The van der Waals surface area contributed by atoms with Crippen molar-refractivity contribution in [3.8, 4) is 0 Å². The third kappa shape index (κ3) is 8.61. The van der Waals surface area contributed by atoms with Crippen molar-refractivity contribution < 1.29 is 39.5 Å². The summed E-state index contributed by atoms with van der Waals surface area (Å²) in [4.78, 5) is 13.0. The van der Waals surface area contributed by atoms with Gasteiger partial charge in [0.15, 0.2) is 0 Å². The Bertz CT molecular complexity index is 488. The molecule has 0 unspecified atom stereocenters. The second kappa shape index (κ2) is 9.81. The molecule has 2 rings (SSSR count). The molecule has 0 saturated heterocycles. The fourth-order valence-corrected chi connectivity index (χ4v) is 1.24. The predicted octanol–water partition coefficient (Wildman–Crippen LogP) is -0.761. The number of halogens is 1. The van der Waals surface area contributed by atoms with Crippen LogP contribution < -0.4 is 40.0 Å². The molecule has 0 aliphatic carbocycles. The fraction of sp³-hybridized carbons (Fsp3) is 0.0769. The fourth-order valence-electron chi connectivity index (χ4n) is 1.12. The molecule has 1 heterocycles. The Morgan fingerprint density at radius 3 is 2.26 bits per heavy atom. The van der Waals surface area contributed by atoms with Crippen LogP contribution in [0, 0.1) is 0 Å². The van der Waals surface area contributed by atoms with Crippen molar-refractivity contribution >= 4 is 29.1 Å². The van der Waals surface area contributed by atoms with E-state index in [1.54, 1.807) is 6.20 Å². The molecule has 0 atom stereocenters. The summed E-state index contributed by atoms with van der Waals surface area (Å²) in [6.07, 6.45) is 1.75.